The van der Waals surface area contributed by atoms with E-state index in [1.165, 1.54) is 6.08 Å². The Kier molecular flexibility index (Phi) is 5.75. The zero-order chi connectivity index (χ0) is 17.9. The van der Waals surface area contributed by atoms with Gasteiger partial charge in [0.05, 0.1) is 10.0 Å². The van der Waals surface area contributed by atoms with Gasteiger partial charge in [-0.2, -0.15) is 0 Å². The maximum Gasteiger partial charge on any atom is 0.328 e. The lowest BCUT2D eigenvalue weighted by molar-refractivity contribution is -0.131. The lowest BCUT2D eigenvalue weighted by Crippen LogP contribution is -1.92. The first-order valence-corrected chi connectivity index (χ1v) is 7.94. The van der Waals surface area contributed by atoms with Crippen molar-refractivity contribution in [2.45, 2.75) is 19.8 Å². The van der Waals surface area contributed by atoms with Crippen molar-refractivity contribution in [2.75, 3.05) is 0 Å². The third-order valence-electron chi connectivity index (χ3n) is 3.28. The second kappa shape index (κ2) is 7.60. The van der Waals surface area contributed by atoms with Gasteiger partial charge in [0.15, 0.2) is 5.75 Å². The van der Waals surface area contributed by atoms with Crippen LogP contribution in [0.3, 0.4) is 0 Å². The van der Waals surface area contributed by atoms with Gasteiger partial charge in [-0.25, -0.2) is 4.79 Å². The minimum absolute atomic E-state index is 0.128. The van der Waals surface area contributed by atoms with Gasteiger partial charge in [0, 0.05) is 11.6 Å². The highest BCUT2D eigenvalue weighted by molar-refractivity contribution is 6.37. The number of phenolic OH excluding ortho intramolecular Hbond substituents is 1. The second-order valence-corrected chi connectivity index (χ2v) is 6.28. The summed E-state index contributed by atoms with van der Waals surface area (Å²) in [6.45, 7) is 3.92. The molecule has 0 spiro atoms. The molecule has 6 heteroatoms. The van der Waals surface area contributed by atoms with Gasteiger partial charge in [-0.05, 0) is 47.9 Å². The summed E-state index contributed by atoms with van der Waals surface area (Å²) in [5.41, 5.74) is 1.30. The van der Waals surface area contributed by atoms with Crippen LogP contribution in [0.15, 0.2) is 36.4 Å². The molecule has 2 aromatic carbocycles. The summed E-state index contributed by atoms with van der Waals surface area (Å²) in [7, 11) is 0. The number of benzene rings is 2. The van der Waals surface area contributed by atoms with Crippen molar-refractivity contribution in [3.05, 3.63) is 57.6 Å². The molecule has 0 heterocycles. The van der Waals surface area contributed by atoms with Crippen molar-refractivity contribution in [2.24, 2.45) is 0 Å². The van der Waals surface area contributed by atoms with Gasteiger partial charge in [0.2, 0.25) is 0 Å². The first-order chi connectivity index (χ1) is 11.3. The molecule has 0 saturated carbocycles. The molecule has 24 heavy (non-hydrogen) atoms. The standard InChI is InChI=1S/C18H16Cl2O4/c1-10(2)13-9-12(4-5-16(13)21)24-18-14(19)7-11(8-15(18)20)3-6-17(22)23/h3-10,21H,1-2H3,(H,22,23)/b6-3+. The van der Waals surface area contributed by atoms with Crippen molar-refractivity contribution in [3.8, 4) is 17.2 Å². The first-order valence-electron chi connectivity index (χ1n) is 7.18. The third-order valence-corrected chi connectivity index (χ3v) is 3.84. The molecule has 0 aliphatic carbocycles. The number of aromatic hydroxyl groups is 1. The Hall–Kier alpha value is -2.17. The zero-order valence-corrected chi connectivity index (χ0v) is 14.6. The maximum absolute atomic E-state index is 10.6. The number of hydrogen-bond donors (Lipinski definition) is 2. The quantitative estimate of drug-likeness (QED) is 0.664. The van der Waals surface area contributed by atoms with Crippen LogP contribution in [-0.2, 0) is 4.79 Å². The molecule has 0 radical (unpaired) electrons. The van der Waals surface area contributed by atoms with E-state index >= 15 is 0 Å². The summed E-state index contributed by atoms with van der Waals surface area (Å²) in [4.78, 5) is 10.6. The van der Waals surface area contributed by atoms with Gasteiger partial charge in [-0.3, -0.25) is 0 Å². The number of carboxylic acids is 1. The van der Waals surface area contributed by atoms with E-state index in [1.54, 1.807) is 30.3 Å². The van der Waals surface area contributed by atoms with Gasteiger partial charge in [-0.1, -0.05) is 37.0 Å². The molecule has 0 aliphatic heterocycles. The first kappa shape index (κ1) is 18.2. The number of carboxylic acid groups (broad SMARTS) is 1. The predicted molar refractivity (Wildman–Crippen MR) is 95.4 cm³/mol. The second-order valence-electron chi connectivity index (χ2n) is 5.46. The zero-order valence-electron chi connectivity index (χ0n) is 13.1. The Labute approximate surface area is 149 Å². The van der Waals surface area contributed by atoms with Crippen molar-refractivity contribution in [1.82, 2.24) is 0 Å². The maximum atomic E-state index is 10.6. The van der Waals surface area contributed by atoms with Gasteiger partial charge >= 0.3 is 5.97 Å². The van der Waals surface area contributed by atoms with Crippen LogP contribution in [0.2, 0.25) is 10.0 Å². The highest BCUT2D eigenvalue weighted by atomic mass is 35.5. The molecular formula is C18H16Cl2O4. The molecule has 0 aromatic heterocycles. The fraction of sp³-hybridized carbons (Fsp3) is 0.167. The number of carbonyl (C=O) groups is 1. The fourth-order valence-corrected chi connectivity index (χ4v) is 2.70. The van der Waals surface area contributed by atoms with Crippen molar-refractivity contribution in [3.63, 3.8) is 0 Å². The Morgan fingerprint density at radius 1 is 1.17 bits per heavy atom. The monoisotopic (exact) mass is 366 g/mol. The molecule has 0 atom stereocenters. The normalized spacial score (nSPS) is 11.2. The average Bonchev–Trinajstić information content (AvgIpc) is 2.50. The van der Waals surface area contributed by atoms with Crippen molar-refractivity contribution < 1.29 is 19.7 Å². The molecule has 0 aliphatic rings. The molecule has 126 valence electrons. The largest absolute Gasteiger partial charge is 0.508 e. The fourth-order valence-electron chi connectivity index (χ4n) is 2.12. The molecule has 2 rings (SSSR count). The molecule has 0 bridgehead atoms. The van der Waals surface area contributed by atoms with E-state index in [0.29, 0.717) is 11.3 Å². The van der Waals surface area contributed by atoms with Gasteiger partial charge in [0.25, 0.3) is 0 Å². The van der Waals surface area contributed by atoms with E-state index < -0.39 is 5.97 Å². The highest BCUT2D eigenvalue weighted by Crippen LogP contribution is 2.39. The highest BCUT2D eigenvalue weighted by Gasteiger charge is 2.13. The number of ether oxygens (including phenoxy) is 1. The molecule has 0 saturated heterocycles. The van der Waals surface area contributed by atoms with Gasteiger partial charge in [0.1, 0.15) is 11.5 Å². The molecular weight excluding hydrogens is 351 g/mol. The smallest absolute Gasteiger partial charge is 0.328 e. The minimum atomic E-state index is -1.06. The van der Waals surface area contributed by atoms with E-state index in [-0.39, 0.29) is 27.5 Å². The van der Waals surface area contributed by atoms with Crippen LogP contribution in [-0.4, -0.2) is 16.2 Å². The number of phenols is 1. The topological polar surface area (TPSA) is 66.8 Å². The van der Waals surface area contributed by atoms with Crippen LogP contribution in [0, 0.1) is 0 Å². The van der Waals surface area contributed by atoms with E-state index in [9.17, 15) is 9.90 Å². The number of rotatable bonds is 5. The predicted octanol–water partition coefficient (Wildman–Crippen LogP) is 5.71. The Morgan fingerprint density at radius 3 is 2.33 bits per heavy atom. The lowest BCUT2D eigenvalue weighted by atomic mass is 10.0. The number of aliphatic carboxylic acids is 1. The number of hydrogen-bond acceptors (Lipinski definition) is 3. The summed E-state index contributed by atoms with van der Waals surface area (Å²) in [6, 6.07) is 8.02. The summed E-state index contributed by atoms with van der Waals surface area (Å²) in [5, 5.41) is 19.0. The molecule has 0 unspecified atom stereocenters. The van der Waals surface area contributed by atoms with Crippen LogP contribution in [0.25, 0.3) is 6.08 Å². The summed E-state index contributed by atoms with van der Waals surface area (Å²) in [6.07, 6.45) is 2.39. The van der Waals surface area contributed by atoms with Crippen LogP contribution in [0.4, 0.5) is 0 Å². The third kappa shape index (κ3) is 4.43. The summed E-state index contributed by atoms with van der Waals surface area (Å²) < 4.78 is 5.75. The average molecular weight is 367 g/mol. The molecule has 2 aromatic rings. The molecule has 0 fully saturated rings. The lowest BCUT2D eigenvalue weighted by Gasteiger charge is -2.14. The number of halogens is 2. The van der Waals surface area contributed by atoms with E-state index in [4.69, 9.17) is 33.0 Å². The van der Waals surface area contributed by atoms with Crippen LogP contribution in [0.1, 0.15) is 30.9 Å². The molecule has 2 N–H and O–H groups in total. The van der Waals surface area contributed by atoms with Gasteiger partial charge in [-0.15, -0.1) is 0 Å². The van der Waals surface area contributed by atoms with Crippen LogP contribution >= 0.6 is 23.2 Å². The minimum Gasteiger partial charge on any atom is -0.508 e. The van der Waals surface area contributed by atoms with Crippen molar-refractivity contribution in [1.29, 1.82) is 0 Å². The van der Waals surface area contributed by atoms with E-state index in [0.717, 1.165) is 11.6 Å². The Morgan fingerprint density at radius 2 is 1.79 bits per heavy atom. The van der Waals surface area contributed by atoms with E-state index in [2.05, 4.69) is 0 Å². The van der Waals surface area contributed by atoms with E-state index in [1.807, 2.05) is 13.8 Å². The summed E-state index contributed by atoms with van der Waals surface area (Å²) >= 11 is 12.4. The summed E-state index contributed by atoms with van der Waals surface area (Å²) in [5.74, 6) is 0.0277. The SMILES string of the molecule is CC(C)c1cc(Oc2c(Cl)cc(/C=C/C(=O)O)cc2Cl)ccc1O. The molecule has 4 nitrogen and oxygen atoms in total. The van der Waals surface area contributed by atoms with Gasteiger partial charge < -0.3 is 14.9 Å². The van der Waals surface area contributed by atoms with Crippen LogP contribution < -0.4 is 4.74 Å². The Bertz CT molecular complexity index is 775. The Balaban J connectivity index is 2.34. The molecule has 0 amide bonds. The van der Waals surface area contributed by atoms with Crippen molar-refractivity contribution >= 4 is 35.2 Å². The van der Waals surface area contributed by atoms with Crippen LogP contribution in [0.5, 0.6) is 17.2 Å².